The zero-order valence-electron chi connectivity index (χ0n) is 19.5. The van der Waals surface area contributed by atoms with Crippen molar-refractivity contribution in [3.63, 3.8) is 0 Å². The highest BCUT2D eigenvalue weighted by Gasteiger charge is 2.27. The summed E-state index contributed by atoms with van der Waals surface area (Å²) in [7, 11) is -6.23. The maximum atomic E-state index is 13.1. The normalized spacial score (nSPS) is 14.7. The van der Waals surface area contributed by atoms with Gasteiger partial charge in [0.25, 0.3) is 15.9 Å². The zero-order valence-corrected chi connectivity index (χ0v) is 21.2. The SMILES string of the molecule is COc1ccc(S(=O)(=O)N2CCCCC2)cc1C(=O)Nc1ccc(S(=O)(=O)Nc2ccccn2)cc1. The number of hydrogen-bond donors (Lipinski definition) is 2. The number of piperidine rings is 1. The predicted molar refractivity (Wildman–Crippen MR) is 135 cm³/mol. The third-order valence-corrected chi connectivity index (χ3v) is 8.96. The molecule has 1 amide bonds. The van der Waals surface area contributed by atoms with Crippen molar-refractivity contribution in [3.8, 4) is 5.75 Å². The summed E-state index contributed by atoms with van der Waals surface area (Å²) < 4.78 is 60.4. The van der Waals surface area contributed by atoms with Crippen molar-refractivity contribution in [2.24, 2.45) is 0 Å². The fraction of sp³-hybridized carbons (Fsp3) is 0.250. The summed E-state index contributed by atoms with van der Waals surface area (Å²) in [5.41, 5.74) is 0.368. The van der Waals surface area contributed by atoms with E-state index in [9.17, 15) is 21.6 Å². The number of benzene rings is 2. The third-order valence-electron chi connectivity index (χ3n) is 5.69. The van der Waals surface area contributed by atoms with Crippen LogP contribution in [0.1, 0.15) is 29.6 Å². The van der Waals surface area contributed by atoms with Crippen LogP contribution >= 0.6 is 0 Å². The van der Waals surface area contributed by atoms with Gasteiger partial charge in [-0.05, 0) is 67.4 Å². The first kappa shape index (κ1) is 25.6. The molecule has 2 heterocycles. The number of carbonyl (C=O) groups is 1. The van der Waals surface area contributed by atoms with Gasteiger partial charge in [0, 0.05) is 25.0 Å². The summed E-state index contributed by atoms with van der Waals surface area (Å²) in [5, 5.41) is 2.66. The van der Waals surface area contributed by atoms with Gasteiger partial charge in [-0.25, -0.2) is 21.8 Å². The maximum Gasteiger partial charge on any atom is 0.263 e. The van der Waals surface area contributed by atoms with Crippen LogP contribution in [0.4, 0.5) is 11.5 Å². The Bertz CT molecular complexity index is 1440. The van der Waals surface area contributed by atoms with E-state index in [0.717, 1.165) is 19.3 Å². The van der Waals surface area contributed by atoms with Crippen LogP contribution in [0.5, 0.6) is 5.75 Å². The Balaban J connectivity index is 1.53. The van der Waals surface area contributed by atoms with E-state index in [4.69, 9.17) is 4.74 Å². The van der Waals surface area contributed by atoms with Gasteiger partial charge in [-0.15, -0.1) is 0 Å². The van der Waals surface area contributed by atoms with Crippen molar-refractivity contribution >= 4 is 37.5 Å². The van der Waals surface area contributed by atoms with Crippen molar-refractivity contribution < 1.29 is 26.4 Å². The second-order valence-corrected chi connectivity index (χ2v) is 11.7. The number of nitrogens with zero attached hydrogens (tertiary/aromatic N) is 2. The van der Waals surface area contributed by atoms with Gasteiger partial charge in [-0.3, -0.25) is 9.52 Å². The minimum Gasteiger partial charge on any atom is -0.496 e. The average Bonchev–Trinajstić information content (AvgIpc) is 2.89. The monoisotopic (exact) mass is 530 g/mol. The van der Waals surface area contributed by atoms with Crippen LogP contribution in [-0.2, 0) is 20.0 Å². The summed E-state index contributed by atoms with van der Waals surface area (Å²) in [6.07, 6.45) is 4.05. The van der Waals surface area contributed by atoms with E-state index in [1.54, 1.807) is 12.1 Å². The van der Waals surface area contributed by atoms with Crippen LogP contribution in [0.2, 0.25) is 0 Å². The molecule has 2 N–H and O–H groups in total. The highest BCUT2D eigenvalue weighted by molar-refractivity contribution is 7.92. The van der Waals surface area contributed by atoms with Crippen molar-refractivity contribution in [1.82, 2.24) is 9.29 Å². The average molecular weight is 531 g/mol. The van der Waals surface area contributed by atoms with Gasteiger partial charge in [0.1, 0.15) is 11.6 Å². The minimum atomic E-state index is -3.87. The number of pyridine rings is 1. The molecule has 1 aliphatic rings. The summed E-state index contributed by atoms with van der Waals surface area (Å²) in [6.45, 7) is 0.890. The first-order valence-corrected chi connectivity index (χ1v) is 14.2. The molecule has 0 spiro atoms. The van der Waals surface area contributed by atoms with E-state index in [1.165, 1.54) is 66.1 Å². The number of hydrogen-bond acceptors (Lipinski definition) is 7. The number of nitrogens with one attached hydrogen (secondary N) is 2. The fourth-order valence-corrected chi connectivity index (χ4v) is 6.37. The Kier molecular flexibility index (Phi) is 7.57. The lowest BCUT2D eigenvalue weighted by Crippen LogP contribution is -2.35. The highest BCUT2D eigenvalue weighted by Crippen LogP contribution is 2.27. The number of rotatable bonds is 8. The van der Waals surface area contributed by atoms with Crippen LogP contribution in [-0.4, -0.2) is 52.2 Å². The number of aromatic nitrogens is 1. The molecular weight excluding hydrogens is 504 g/mol. The molecule has 2 aromatic carbocycles. The highest BCUT2D eigenvalue weighted by atomic mass is 32.2. The summed E-state index contributed by atoms with van der Waals surface area (Å²) >= 11 is 0. The summed E-state index contributed by atoms with van der Waals surface area (Å²) in [5.74, 6) is -0.199. The first-order chi connectivity index (χ1) is 17.2. The molecule has 12 heteroatoms. The topological polar surface area (TPSA) is 135 Å². The molecule has 190 valence electrons. The standard InChI is InChI=1S/C24H26N4O6S2/c1-34-22-13-12-20(36(32,33)28-15-5-2-6-16-28)17-21(22)24(29)26-18-8-10-19(11-9-18)35(30,31)27-23-7-3-4-14-25-23/h3-4,7-14,17H,2,5-6,15-16H2,1H3,(H,25,27)(H,26,29). The largest absolute Gasteiger partial charge is 0.496 e. The molecule has 3 aromatic rings. The van der Waals surface area contributed by atoms with Crippen LogP contribution in [0, 0.1) is 0 Å². The molecular formula is C24H26N4O6S2. The molecule has 0 atom stereocenters. The first-order valence-electron chi connectivity index (χ1n) is 11.2. The molecule has 0 bridgehead atoms. The molecule has 0 unspecified atom stereocenters. The van der Waals surface area contributed by atoms with Crippen LogP contribution in [0.3, 0.4) is 0 Å². The molecule has 0 aliphatic carbocycles. The van der Waals surface area contributed by atoms with Crippen molar-refractivity contribution in [1.29, 1.82) is 0 Å². The molecule has 1 aliphatic heterocycles. The lowest BCUT2D eigenvalue weighted by atomic mass is 10.2. The molecule has 1 fully saturated rings. The second-order valence-electron chi connectivity index (χ2n) is 8.13. The van der Waals surface area contributed by atoms with Gasteiger partial charge in [0.2, 0.25) is 10.0 Å². The predicted octanol–water partition coefficient (Wildman–Crippen LogP) is 3.32. The van der Waals surface area contributed by atoms with Gasteiger partial charge in [0.05, 0.1) is 22.5 Å². The van der Waals surface area contributed by atoms with E-state index in [1.807, 2.05) is 0 Å². The fourth-order valence-electron chi connectivity index (χ4n) is 3.81. The van der Waals surface area contributed by atoms with E-state index in [2.05, 4.69) is 15.0 Å². The van der Waals surface area contributed by atoms with Gasteiger partial charge in [-0.2, -0.15) is 4.31 Å². The maximum absolute atomic E-state index is 13.1. The number of ether oxygens (including phenoxy) is 1. The Morgan fingerprint density at radius 1 is 0.917 bits per heavy atom. The zero-order chi connectivity index (χ0) is 25.8. The van der Waals surface area contributed by atoms with Gasteiger partial charge < -0.3 is 10.1 Å². The van der Waals surface area contributed by atoms with Gasteiger partial charge >= 0.3 is 0 Å². The number of methoxy groups -OCH3 is 1. The van der Waals surface area contributed by atoms with Gasteiger partial charge in [0.15, 0.2) is 0 Å². The van der Waals surface area contributed by atoms with Crippen molar-refractivity contribution in [2.75, 3.05) is 30.2 Å². The lowest BCUT2D eigenvalue weighted by molar-refractivity contribution is 0.102. The van der Waals surface area contributed by atoms with E-state index >= 15 is 0 Å². The summed E-state index contributed by atoms with van der Waals surface area (Å²) in [4.78, 5) is 17.0. The quantitative estimate of drug-likeness (QED) is 0.456. The van der Waals surface area contributed by atoms with Crippen molar-refractivity contribution in [3.05, 3.63) is 72.4 Å². The van der Waals surface area contributed by atoms with Crippen molar-refractivity contribution in [2.45, 2.75) is 29.1 Å². The number of amides is 1. The van der Waals surface area contributed by atoms with E-state index < -0.39 is 26.0 Å². The minimum absolute atomic E-state index is 0.0115. The summed E-state index contributed by atoms with van der Waals surface area (Å²) in [6, 6.07) is 14.6. The molecule has 0 radical (unpaired) electrons. The van der Waals surface area contributed by atoms with Crippen LogP contribution in [0.25, 0.3) is 0 Å². The molecule has 1 saturated heterocycles. The Hall–Kier alpha value is -3.48. The molecule has 1 aromatic heterocycles. The lowest BCUT2D eigenvalue weighted by Gasteiger charge is -2.26. The molecule has 4 rings (SSSR count). The number of sulfonamides is 2. The number of carbonyl (C=O) groups excluding carboxylic acids is 1. The molecule has 0 saturated carbocycles. The Labute approximate surface area is 210 Å². The Morgan fingerprint density at radius 3 is 2.25 bits per heavy atom. The van der Waals surface area contributed by atoms with Crippen LogP contribution < -0.4 is 14.8 Å². The second kappa shape index (κ2) is 10.6. The van der Waals surface area contributed by atoms with Gasteiger partial charge in [-0.1, -0.05) is 12.5 Å². The smallest absolute Gasteiger partial charge is 0.263 e. The van der Waals surface area contributed by atoms with E-state index in [-0.39, 0.29) is 26.9 Å². The van der Waals surface area contributed by atoms with Crippen LogP contribution in [0.15, 0.2) is 76.7 Å². The third kappa shape index (κ3) is 5.66. The molecule has 10 nitrogen and oxygen atoms in total. The Morgan fingerprint density at radius 2 is 1.61 bits per heavy atom. The van der Waals surface area contributed by atoms with E-state index in [0.29, 0.717) is 18.8 Å². The number of anilines is 2. The molecule has 36 heavy (non-hydrogen) atoms.